The first kappa shape index (κ1) is 21.2. The second-order valence-electron chi connectivity index (χ2n) is 6.27. The minimum Gasteiger partial charge on any atom is -0.497 e. The maximum Gasteiger partial charge on any atom is 0.264 e. The van der Waals surface area contributed by atoms with Gasteiger partial charge in [0.1, 0.15) is 18.0 Å². The molecule has 1 amide bonds. The molecule has 7 nitrogen and oxygen atoms in total. The van der Waals surface area contributed by atoms with Crippen LogP contribution in [0.2, 0.25) is 0 Å². The Morgan fingerprint density at radius 3 is 2.13 bits per heavy atom. The van der Waals surface area contributed by atoms with Gasteiger partial charge in [0.2, 0.25) is 5.91 Å². The number of nitrogens with zero attached hydrogens (tertiary/aromatic N) is 1. The van der Waals surface area contributed by atoms with Gasteiger partial charge in [-0.25, -0.2) is 8.42 Å². The highest BCUT2D eigenvalue weighted by Crippen LogP contribution is 2.26. The van der Waals surface area contributed by atoms with Crippen molar-refractivity contribution in [3.8, 4) is 11.5 Å². The zero-order chi connectivity index (χ0) is 21.6. The molecule has 0 aromatic heterocycles. The summed E-state index contributed by atoms with van der Waals surface area (Å²) in [6, 6.07) is 21.4. The highest BCUT2D eigenvalue weighted by Gasteiger charge is 2.27. The number of benzene rings is 3. The third-order valence-electron chi connectivity index (χ3n) is 4.36. The van der Waals surface area contributed by atoms with E-state index >= 15 is 0 Å². The van der Waals surface area contributed by atoms with Crippen LogP contribution < -0.4 is 19.1 Å². The van der Waals surface area contributed by atoms with Crippen LogP contribution in [0.25, 0.3) is 0 Å². The van der Waals surface area contributed by atoms with Crippen molar-refractivity contribution in [2.75, 3.05) is 30.4 Å². The topological polar surface area (TPSA) is 84.9 Å². The molecule has 0 heterocycles. The molecule has 0 saturated heterocycles. The quantitative estimate of drug-likeness (QED) is 0.596. The molecule has 0 spiro atoms. The average Bonchev–Trinajstić information content (AvgIpc) is 2.78. The van der Waals surface area contributed by atoms with Gasteiger partial charge in [0, 0.05) is 0 Å². The fourth-order valence-corrected chi connectivity index (χ4v) is 4.27. The van der Waals surface area contributed by atoms with Gasteiger partial charge in [0.05, 0.1) is 30.5 Å². The molecule has 1 N–H and O–H groups in total. The molecular weight excluding hydrogens is 404 g/mol. The number of para-hydroxylation sites is 3. The number of nitrogens with one attached hydrogen (secondary N) is 1. The van der Waals surface area contributed by atoms with Gasteiger partial charge in [0.15, 0.2) is 0 Å². The molecule has 0 saturated carbocycles. The Morgan fingerprint density at radius 1 is 0.867 bits per heavy atom. The van der Waals surface area contributed by atoms with Crippen molar-refractivity contribution in [3.05, 3.63) is 78.9 Å². The van der Waals surface area contributed by atoms with Crippen LogP contribution in [-0.4, -0.2) is 35.1 Å². The van der Waals surface area contributed by atoms with E-state index in [4.69, 9.17) is 9.47 Å². The molecule has 8 heteroatoms. The number of carbonyl (C=O) groups excluding carboxylic acids is 1. The molecule has 0 unspecified atom stereocenters. The lowest BCUT2D eigenvalue weighted by atomic mass is 10.3. The summed E-state index contributed by atoms with van der Waals surface area (Å²) in [5.41, 5.74) is 0.836. The van der Waals surface area contributed by atoms with E-state index in [1.165, 1.54) is 26.4 Å². The standard InChI is InChI=1S/C22H22N2O5S/c1-28-18-12-14-19(15-13-18)30(26,27)24(17-8-4-3-5-9-17)16-22(25)23-20-10-6-7-11-21(20)29-2/h3-15H,16H2,1-2H3,(H,23,25). The molecule has 156 valence electrons. The number of ether oxygens (including phenoxy) is 2. The Morgan fingerprint density at radius 2 is 1.50 bits per heavy atom. The molecule has 3 aromatic carbocycles. The SMILES string of the molecule is COc1ccc(S(=O)(=O)N(CC(=O)Nc2ccccc2OC)c2ccccc2)cc1. The number of sulfonamides is 1. The number of methoxy groups -OCH3 is 2. The summed E-state index contributed by atoms with van der Waals surface area (Å²) in [5, 5.41) is 2.71. The minimum atomic E-state index is -4.00. The highest BCUT2D eigenvalue weighted by molar-refractivity contribution is 7.92. The van der Waals surface area contributed by atoms with Gasteiger partial charge in [-0.15, -0.1) is 0 Å². The van der Waals surface area contributed by atoms with Crippen molar-refractivity contribution in [2.24, 2.45) is 0 Å². The van der Waals surface area contributed by atoms with Crippen LogP contribution in [0.3, 0.4) is 0 Å². The van der Waals surface area contributed by atoms with Gasteiger partial charge < -0.3 is 14.8 Å². The summed E-state index contributed by atoms with van der Waals surface area (Å²) in [7, 11) is -0.999. The van der Waals surface area contributed by atoms with Gasteiger partial charge in [-0.05, 0) is 48.5 Å². The van der Waals surface area contributed by atoms with E-state index in [2.05, 4.69) is 5.32 Å². The molecule has 3 rings (SSSR count). The Bertz CT molecular complexity index is 1100. The van der Waals surface area contributed by atoms with E-state index in [9.17, 15) is 13.2 Å². The Labute approximate surface area is 175 Å². The van der Waals surface area contributed by atoms with E-state index < -0.39 is 22.5 Å². The summed E-state index contributed by atoms with van der Waals surface area (Å²) >= 11 is 0. The highest BCUT2D eigenvalue weighted by atomic mass is 32.2. The zero-order valence-corrected chi connectivity index (χ0v) is 17.4. The molecule has 3 aromatic rings. The number of hydrogen-bond donors (Lipinski definition) is 1. The van der Waals surface area contributed by atoms with Gasteiger partial charge in [0.25, 0.3) is 10.0 Å². The van der Waals surface area contributed by atoms with E-state index in [-0.39, 0.29) is 4.90 Å². The summed E-state index contributed by atoms with van der Waals surface area (Å²) in [4.78, 5) is 12.8. The third kappa shape index (κ3) is 4.72. The van der Waals surface area contributed by atoms with Crippen LogP contribution in [0, 0.1) is 0 Å². The van der Waals surface area contributed by atoms with Gasteiger partial charge >= 0.3 is 0 Å². The number of carbonyl (C=O) groups is 1. The van der Waals surface area contributed by atoms with E-state index in [1.807, 2.05) is 0 Å². The van der Waals surface area contributed by atoms with Gasteiger partial charge in [-0.3, -0.25) is 9.10 Å². The number of amides is 1. The molecular formula is C22H22N2O5S. The number of anilines is 2. The second-order valence-corrected chi connectivity index (χ2v) is 8.13. The summed E-state index contributed by atoms with van der Waals surface area (Å²) in [6.45, 7) is -0.406. The molecule has 30 heavy (non-hydrogen) atoms. The van der Waals surface area contributed by atoms with E-state index in [0.29, 0.717) is 22.9 Å². The van der Waals surface area contributed by atoms with Crippen LogP contribution in [0.4, 0.5) is 11.4 Å². The van der Waals surface area contributed by atoms with Gasteiger partial charge in [-0.1, -0.05) is 30.3 Å². The third-order valence-corrected chi connectivity index (χ3v) is 6.15. The predicted molar refractivity (Wildman–Crippen MR) is 116 cm³/mol. The first-order chi connectivity index (χ1) is 14.5. The van der Waals surface area contributed by atoms with Crippen molar-refractivity contribution >= 4 is 27.3 Å². The fraction of sp³-hybridized carbons (Fsp3) is 0.136. The van der Waals surface area contributed by atoms with Crippen molar-refractivity contribution in [1.29, 1.82) is 0 Å². The largest absolute Gasteiger partial charge is 0.497 e. The minimum absolute atomic E-state index is 0.0530. The van der Waals surface area contributed by atoms with Crippen LogP contribution in [0.1, 0.15) is 0 Å². The van der Waals surface area contributed by atoms with Gasteiger partial charge in [-0.2, -0.15) is 0 Å². The second kappa shape index (κ2) is 9.32. The van der Waals surface area contributed by atoms with Crippen molar-refractivity contribution < 1.29 is 22.7 Å². The lowest BCUT2D eigenvalue weighted by molar-refractivity contribution is -0.114. The van der Waals surface area contributed by atoms with Crippen molar-refractivity contribution in [2.45, 2.75) is 4.90 Å². The first-order valence-corrected chi connectivity index (χ1v) is 10.5. The Kier molecular flexibility index (Phi) is 6.58. The zero-order valence-electron chi connectivity index (χ0n) is 16.6. The van der Waals surface area contributed by atoms with Crippen molar-refractivity contribution in [1.82, 2.24) is 0 Å². The molecule has 0 aliphatic carbocycles. The molecule has 0 bridgehead atoms. The fourth-order valence-electron chi connectivity index (χ4n) is 2.85. The lowest BCUT2D eigenvalue weighted by Crippen LogP contribution is -2.38. The van der Waals surface area contributed by atoms with Crippen LogP contribution in [0.15, 0.2) is 83.8 Å². The first-order valence-electron chi connectivity index (χ1n) is 9.10. The van der Waals surface area contributed by atoms with Crippen molar-refractivity contribution in [3.63, 3.8) is 0 Å². The molecule has 0 aliphatic heterocycles. The molecule has 0 aliphatic rings. The summed E-state index contributed by atoms with van der Waals surface area (Å²) in [6.07, 6.45) is 0. The molecule has 0 radical (unpaired) electrons. The lowest BCUT2D eigenvalue weighted by Gasteiger charge is -2.24. The number of rotatable bonds is 8. The predicted octanol–water partition coefficient (Wildman–Crippen LogP) is 3.54. The maximum absolute atomic E-state index is 13.3. The average molecular weight is 426 g/mol. The maximum atomic E-state index is 13.3. The Hall–Kier alpha value is -3.52. The van der Waals surface area contributed by atoms with Crippen LogP contribution in [0.5, 0.6) is 11.5 Å². The summed E-state index contributed by atoms with van der Waals surface area (Å²) < 4.78 is 38.0. The Balaban J connectivity index is 1.92. The normalized spacial score (nSPS) is 10.9. The smallest absolute Gasteiger partial charge is 0.264 e. The van der Waals surface area contributed by atoms with Crippen LogP contribution in [-0.2, 0) is 14.8 Å². The summed E-state index contributed by atoms with van der Waals surface area (Å²) in [5.74, 6) is 0.518. The number of hydrogen-bond acceptors (Lipinski definition) is 5. The molecule has 0 atom stereocenters. The van der Waals surface area contributed by atoms with Crippen LogP contribution >= 0.6 is 0 Å². The van der Waals surface area contributed by atoms with E-state index in [1.54, 1.807) is 66.7 Å². The monoisotopic (exact) mass is 426 g/mol. The molecule has 0 fully saturated rings. The van der Waals surface area contributed by atoms with E-state index in [0.717, 1.165) is 4.31 Å².